The highest BCUT2D eigenvalue weighted by atomic mass is 16.3. The standard InChI is InChI=1S/C12H12N2O/c1-9-3-2-4-10(7-9)11-5-6-13-12(8-15)14-11/h2-7,15H,8H2,1H3. The van der Waals surface area contributed by atoms with Gasteiger partial charge in [-0.15, -0.1) is 0 Å². The zero-order valence-electron chi connectivity index (χ0n) is 8.51. The van der Waals surface area contributed by atoms with Crippen molar-refractivity contribution in [3.05, 3.63) is 47.9 Å². The Morgan fingerprint density at radius 3 is 2.87 bits per heavy atom. The molecule has 0 saturated heterocycles. The van der Waals surface area contributed by atoms with Crippen molar-refractivity contribution in [1.29, 1.82) is 0 Å². The molecule has 0 fully saturated rings. The average molecular weight is 200 g/mol. The third-order valence-corrected chi connectivity index (χ3v) is 2.16. The summed E-state index contributed by atoms with van der Waals surface area (Å²) in [5.41, 5.74) is 3.08. The molecular formula is C12H12N2O. The summed E-state index contributed by atoms with van der Waals surface area (Å²) >= 11 is 0. The highest BCUT2D eigenvalue weighted by molar-refractivity contribution is 5.59. The van der Waals surface area contributed by atoms with Gasteiger partial charge in [-0.1, -0.05) is 23.8 Å². The molecule has 0 atom stereocenters. The van der Waals surface area contributed by atoms with Crippen molar-refractivity contribution >= 4 is 0 Å². The molecule has 0 aliphatic carbocycles. The van der Waals surface area contributed by atoms with Gasteiger partial charge >= 0.3 is 0 Å². The number of hydrogen-bond acceptors (Lipinski definition) is 3. The fourth-order valence-corrected chi connectivity index (χ4v) is 1.44. The predicted octanol–water partition coefficient (Wildman–Crippen LogP) is 1.94. The Morgan fingerprint density at radius 2 is 2.13 bits per heavy atom. The molecule has 3 nitrogen and oxygen atoms in total. The monoisotopic (exact) mass is 200 g/mol. The summed E-state index contributed by atoms with van der Waals surface area (Å²) in [6, 6.07) is 9.93. The van der Waals surface area contributed by atoms with Crippen molar-refractivity contribution in [3.63, 3.8) is 0 Å². The number of nitrogens with zero attached hydrogens (tertiary/aromatic N) is 2. The van der Waals surface area contributed by atoms with Crippen LogP contribution in [0.25, 0.3) is 11.3 Å². The third-order valence-electron chi connectivity index (χ3n) is 2.16. The maximum atomic E-state index is 8.94. The summed E-state index contributed by atoms with van der Waals surface area (Å²) in [5.74, 6) is 0.453. The molecule has 1 aromatic carbocycles. The molecule has 1 N–H and O–H groups in total. The second-order valence-electron chi connectivity index (χ2n) is 3.39. The first-order chi connectivity index (χ1) is 7.29. The Morgan fingerprint density at radius 1 is 1.27 bits per heavy atom. The van der Waals surface area contributed by atoms with Crippen molar-refractivity contribution in [3.8, 4) is 11.3 Å². The van der Waals surface area contributed by atoms with Gasteiger partial charge in [0.25, 0.3) is 0 Å². The van der Waals surface area contributed by atoms with Crippen LogP contribution in [0.4, 0.5) is 0 Å². The van der Waals surface area contributed by atoms with Crippen LogP contribution in [-0.2, 0) is 6.61 Å². The smallest absolute Gasteiger partial charge is 0.154 e. The summed E-state index contributed by atoms with van der Waals surface area (Å²) in [6.07, 6.45) is 1.66. The first-order valence-corrected chi connectivity index (χ1v) is 4.79. The number of aryl methyl sites for hydroxylation is 1. The number of benzene rings is 1. The minimum atomic E-state index is -0.125. The van der Waals surface area contributed by atoms with E-state index in [1.165, 1.54) is 5.56 Å². The molecule has 0 radical (unpaired) electrons. The van der Waals surface area contributed by atoms with Gasteiger partial charge in [-0.25, -0.2) is 9.97 Å². The van der Waals surface area contributed by atoms with E-state index in [1.807, 2.05) is 31.2 Å². The minimum absolute atomic E-state index is 0.125. The zero-order valence-corrected chi connectivity index (χ0v) is 8.51. The molecule has 0 unspecified atom stereocenters. The first-order valence-electron chi connectivity index (χ1n) is 4.79. The Balaban J connectivity index is 2.44. The minimum Gasteiger partial charge on any atom is -0.388 e. The van der Waals surface area contributed by atoms with Crippen molar-refractivity contribution in [2.75, 3.05) is 0 Å². The van der Waals surface area contributed by atoms with Gasteiger partial charge in [0.05, 0.1) is 5.69 Å². The molecule has 1 aromatic heterocycles. The van der Waals surface area contributed by atoms with E-state index in [1.54, 1.807) is 6.20 Å². The summed E-state index contributed by atoms with van der Waals surface area (Å²) in [6.45, 7) is 1.91. The Hall–Kier alpha value is -1.74. The Bertz CT molecular complexity index is 469. The molecule has 0 bridgehead atoms. The van der Waals surface area contributed by atoms with Crippen molar-refractivity contribution in [1.82, 2.24) is 9.97 Å². The second kappa shape index (κ2) is 4.19. The van der Waals surface area contributed by atoms with Crippen LogP contribution in [0.1, 0.15) is 11.4 Å². The Kier molecular flexibility index (Phi) is 2.74. The lowest BCUT2D eigenvalue weighted by molar-refractivity contribution is 0.271. The lowest BCUT2D eigenvalue weighted by Gasteiger charge is -2.02. The molecule has 0 aliphatic rings. The number of hydrogen-bond donors (Lipinski definition) is 1. The number of aromatic nitrogens is 2. The number of aliphatic hydroxyl groups excluding tert-OH is 1. The van der Waals surface area contributed by atoms with E-state index in [2.05, 4.69) is 16.0 Å². The van der Waals surface area contributed by atoms with Crippen LogP contribution in [-0.4, -0.2) is 15.1 Å². The van der Waals surface area contributed by atoms with Crippen molar-refractivity contribution in [2.24, 2.45) is 0 Å². The van der Waals surface area contributed by atoms with Crippen LogP contribution < -0.4 is 0 Å². The van der Waals surface area contributed by atoms with Crippen LogP contribution in [0.15, 0.2) is 36.5 Å². The summed E-state index contributed by atoms with van der Waals surface area (Å²) in [5, 5.41) is 8.94. The lowest BCUT2D eigenvalue weighted by atomic mass is 10.1. The highest BCUT2D eigenvalue weighted by Gasteiger charge is 2.01. The van der Waals surface area contributed by atoms with Crippen LogP contribution in [0.3, 0.4) is 0 Å². The topological polar surface area (TPSA) is 46.0 Å². The number of rotatable bonds is 2. The van der Waals surface area contributed by atoms with E-state index in [9.17, 15) is 0 Å². The quantitative estimate of drug-likeness (QED) is 0.805. The molecular weight excluding hydrogens is 188 g/mol. The van der Waals surface area contributed by atoms with E-state index in [0.717, 1.165) is 11.3 Å². The average Bonchev–Trinajstić information content (AvgIpc) is 2.29. The van der Waals surface area contributed by atoms with Gasteiger partial charge in [-0.2, -0.15) is 0 Å². The fourth-order valence-electron chi connectivity index (χ4n) is 1.44. The van der Waals surface area contributed by atoms with E-state index < -0.39 is 0 Å². The molecule has 76 valence electrons. The molecule has 15 heavy (non-hydrogen) atoms. The first kappa shape index (κ1) is 9.80. The molecule has 2 aromatic rings. The van der Waals surface area contributed by atoms with Gasteiger partial charge in [-0.05, 0) is 19.1 Å². The predicted molar refractivity (Wildman–Crippen MR) is 58.1 cm³/mol. The number of aliphatic hydroxyl groups is 1. The molecule has 0 amide bonds. The maximum absolute atomic E-state index is 8.94. The molecule has 2 rings (SSSR count). The molecule has 3 heteroatoms. The summed E-state index contributed by atoms with van der Waals surface area (Å²) < 4.78 is 0. The maximum Gasteiger partial charge on any atom is 0.154 e. The van der Waals surface area contributed by atoms with Gasteiger partial charge < -0.3 is 5.11 Å². The lowest BCUT2D eigenvalue weighted by Crippen LogP contribution is -1.95. The summed E-state index contributed by atoms with van der Waals surface area (Å²) in [7, 11) is 0. The molecule has 0 saturated carbocycles. The van der Waals surface area contributed by atoms with Crippen molar-refractivity contribution in [2.45, 2.75) is 13.5 Å². The molecule has 0 spiro atoms. The van der Waals surface area contributed by atoms with Gasteiger partial charge in [0.1, 0.15) is 6.61 Å². The van der Waals surface area contributed by atoms with Gasteiger partial charge in [-0.3, -0.25) is 0 Å². The largest absolute Gasteiger partial charge is 0.388 e. The normalized spacial score (nSPS) is 10.3. The summed E-state index contributed by atoms with van der Waals surface area (Å²) in [4.78, 5) is 8.19. The Labute approximate surface area is 88.5 Å². The van der Waals surface area contributed by atoms with Crippen LogP contribution in [0.2, 0.25) is 0 Å². The van der Waals surface area contributed by atoms with Gasteiger partial charge in [0.15, 0.2) is 5.82 Å². The fraction of sp³-hybridized carbons (Fsp3) is 0.167. The third kappa shape index (κ3) is 2.19. The zero-order chi connectivity index (χ0) is 10.7. The van der Waals surface area contributed by atoms with E-state index in [-0.39, 0.29) is 6.61 Å². The molecule has 1 heterocycles. The van der Waals surface area contributed by atoms with Crippen molar-refractivity contribution < 1.29 is 5.11 Å². The SMILES string of the molecule is Cc1cccc(-c2ccnc(CO)n2)c1. The van der Waals surface area contributed by atoms with E-state index >= 15 is 0 Å². The highest BCUT2D eigenvalue weighted by Crippen LogP contribution is 2.17. The van der Waals surface area contributed by atoms with Crippen LogP contribution in [0, 0.1) is 6.92 Å². The molecule has 0 aliphatic heterocycles. The van der Waals surface area contributed by atoms with E-state index in [0.29, 0.717) is 5.82 Å². The van der Waals surface area contributed by atoms with Crippen LogP contribution >= 0.6 is 0 Å². The van der Waals surface area contributed by atoms with E-state index in [4.69, 9.17) is 5.11 Å². The van der Waals surface area contributed by atoms with Crippen LogP contribution in [0.5, 0.6) is 0 Å². The van der Waals surface area contributed by atoms with Gasteiger partial charge in [0.2, 0.25) is 0 Å². The van der Waals surface area contributed by atoms with Gasteiger partial charge in [0, 0.05) is 11.8 Å². The second-order valence-corrected chi connectivity index (χ2v) is 3.39.